The van der Waals surface area contributed by atoms with Crippen LogP contribution >= 0.6 is 0 Å². The molecule has 1 saturated carbocycles. The summed E-state index contributed by atoms with van der Waals surface area (Å²) < 4.78 is 50.5. The van der Waals surface area contributed by atoms with Crippen LogP contribution in [0.15, 0.2) is 51.3 Å². The molecule has 1 aromatic carbocycles. The third-order valence-corrected chi connectivity index (χ3v) is 8.52. The topological polar surface area (TPSA) is 108 Å². The summed E-state index contributed by atoms with van der Waals surface area (Å²) in [6.07, 6.45) is 3.60. The molecule has 1 aliphatic rings. The number of aryl methyl sites for hydroxylation is 1. The molecule has 0 atom stereocenters. The first-order valence-corrected chi connectivity index (χ1v) is 11.4. The molecule has 26 heavy (non-hydrogen) atoms. The van der Waals surface area contributed by atoms with E-state index in [4.69, 9.17) is 0 Å². The summed E-state index contributed by atoms with van der Waals surface area (Å²) in [6, 6.07) is 8.26. The quantitative estimate of drug-likeness (QED) is 0.577. The molecule has 3 rings (SSSR count). The second kappa shape index (κ2) is 6.96. The molecule has 0 saturated heterocycles. The zero-order valence-corrected chi connectivity index (χ0v) is 16.0. The number of rotatable bonds is 4. The van der Waals surface area contributed by atoms with Crippen LogP contribution in [0.2, 0.25) is 0 Å². The summed E-state index contributed by atoms with van der Waals surface area (Å²) in [7, 11) is -7.82. The molecule has 0 radical (unpaired) electrons. The predicted octanol–water partition coefficient (Wildman–Crippen LogP) is 1.96. The number of nitrogens with zero attached hydrogens (tertiary/aromatic N) is 2. The van der Waals surface area contributed by atoms with E-state index in [2.05, 4.69) is 5.10 Å². The number of hydrogen-bond acceptors (Lipinski definition) is 6. The SMILES string of the molecule is Cc1ccc(S(=O)(=O)c2ccc(S(=O)(=O)C3CCCCC3)[n+]([O-])n2)cc1. The molecule has 0 amide bonds. The van der Waals surface area contributed by atoms with E-state index >= 15 is 0 Å². The Morgan fingerprint density at radius 1 is 0.962 bits per heavy atom. The molecule has 1 aromatic heterocycles. The van der Waals surface area contributed by atoms with Crippen LogP contribution < -0.4 is 4.85 Å². The van der Waals surface area contributed by atoms with Gasteiger partial charge in [-0.05, 0) is 42.8 Å². The summed E-state index contributed by atoms with van der Waals surface area (Å²) in [5, 5.41) is 14.1. The molecule has 0 unspecified atom stereocenters. The molecular formula is C17H20N2O5S2. The Morgan fingerprint density at radius 2 is 1.58 bits per heavy atom. The first-order chi connectivity index (χ1) is 12.2. The maximum Gasteiger partial charge on any atom is 0.335 e. The Morgan fingerprint density at radius 3 is 2.15 bits per heavy atom. The molecule has 0 aliphatic heterocycles. The molecule has 7 nitrogen and oxygen atoms in total. The first kappa shape index (κ1) is 18.8. The fourth-order valence-electron chi connectivity index (χ4n) is 3.11. The highest BCUT2D eigenvalue weighted by Crippen LogP contribution is 2.27. The van der Waals surface area contributed by atoms with Gasteiger partial charge < -0.3 is 5.21 Å². The van der Waals surface area contributed by atoms with Crippen molar-refractivity contribution in [3.8, 4) is 0 Å². The Balaban J connectivity index is 1.98. The number of benzene rings is 1. The van der Waals surface area contributed by atoms with Crippen molar-refractivity contribution in [1.82, 2.24) is 5.10 Å². The normalized spacial score (nSPS) is 16.5. The third kappa shape index (κ3) is 3.45. The summed E-state index contributed by atoms with van der Waals surface area (Å²) in [5.41, 5.74) is 0.893. The average molecular weight is 396 g/mol. The lowest BCUT2D eigenvalue weighted by Crippen LogP contribution is -2.42. The lowest BCUT2D eigenvalue weighted by molar-refractivity contribution is -0.711. The molecule has 9 heteroatoms. The van der Waals surface area contributed by atoms with Crippen LogP contribution in [0.1, 0.15) is 37.7 Å². The molecule has 0 spiro atoms. The standard InChI is InChI=1S/C17H20N2O5S2/c1-13-7-9-15(10-8-13)25(21,22)16-11-12-17(19(20)18-16)26(23,24)14-5-3-2-4-6-14/h7-12,14H,2-6H2,1H3. The van der Waals surface area contributed by atoms with Crippen LogP contribution in [0.4, 0.5) is 0 Å². The van der Waals surface area contributed by atoms with Crippen molar-refractivity contribution in [2.75, 3.05) is 0 Å². The molecule has 1 aliphatic carbocycles. The monoisotopic (exact) mass is 396 g/mol. The van der Waals surface area contributed by atoms with Crippen LogP contribution in [0.5, 0.6) is 0 Å². The van der Waals surface area contributed by atoms with Crippen molar-refractivity contribution in [3.05, 3.63) is 47.2 Å². The Kier molecular flexibility index (Phi) is 5.03. The zero-order valence-electron chi connectivity index (χ0n) is 14.3. The highest BCUT2D eigenvalue weighted by atomic mass is 32.2. The van der Waals surface area contributed by atoms with Gasteiger partial charge >= 0.3 is 5.03 Å². The van der Waals surface area contributed by atoms with E-state index in [1.807, 2.05) is 6.92 Å². The second-order valence-corrected chi connectivity index (χ2v) is 10.6. The van der Waals surface area contributed by atoms with Crippen LogP contribution in [0.25, 0.3) is 0 Å². The highest BCUT2D eigenvalue weighted by Gasteiger charge is 2.36. The highest BCUT2D eigenvalue weighted by molar-refractivity contribution is 7.92. The van der Waals surface area contributed by atoms with Gasteiger partial charge in [0.2, 0.25) is 24.7 Å². The minimum absolute atomic E-state index is 0.00140. The molecule has 140 valence electrons. The van der Waals surface area contributed by atoms with E-state index in [-0.39, 0.29) is 9.74 Å². The number of sulfone groups is 2. The lowest BCUT2D eigenvalue weighted by Gasteiger charge is -2.20. The molecule has 1 heterocycles. The third-order valence-electron chi connectivity index (χ3n) is 4.64. The maximum atomic E-state index is 12.7. The van der Waals surface area contributed by atoms with Crippen LogP contribution in [0.3, 0.4) is 0 Å². The average Bonchev–Trinajstić information content (AvgIpc) is 2.62. The molecular weight excluding hydrogens is 376 g/mol. The van der Waals surface area contributed by atoms with Gasteiger partial charge in [-0.2, -0.15) is 0 Å². The van der Waals surface area contributed by atoms with Crippen molar-refractivity contribution in [2.45, 2.75) is 59.2 Å². The summed E-state index contributed by atoms with van der Waals surface area (Å²) in [6.45, 7) is 1.82. The Bertz CT molecular complexity index is 1010. The van der Waals surface area contributed by atoms with E-state index in [0.717, 1.165) is 37.0 Å². The van der Waals surface area contributed by atoms with Crippen LogP contribution in [0, 0.1) is 12.1 Å². The summed E-state index contributed by atoms with van der Waals surface area (Å²) in [5.74, 6) is 0. The van der Waals surface area contributed by atoms with Gasteiger partial charge in [-0.15, -0.1) is 0 Å². The van der Waals surface area contributed by atoms with Crippen LogP contribution in [-0.2, 0) is 19.7 Å². The second-order valence-electron chi connectivity index (χ2n) is 6.50. The van der Waals surface area contributed by atoms with Gasteiger partial charge in [-0.25, -0.2) is 16.8 Å². The summed E-state index contributed by atoms with van der Waals surface area (Å²) in [4.78, 5) is -0.0798. The zero-order chi connectivity index (χ0) is 18.9. The van der Waals surface area contributed by atoms with Gasteiger partial charge in [0.15, 0.2) is 0 Å². The van der Waals surface area contributed by atoms with Crippen LogP contribution in [-0.4, -0.2) is 27.2 Å². The van der Waals surface area contributed by atoms with Crippen molar-refractivity contribution in [2.24, 2.45) is 0 Å². The number of hydrogen-bond donors (Lipinski definition) is 0. The van der Waals surface area contributed by atoms with E-state index in [0.29, 0.717) is 12.8 Å². The lowest BCUT2D eigenvalue weighted by atomic mass is 10.0. The van der Waals surface area contributed by atoms with Crippen molar-refractivity contribution in [3.63, 3.8) is 0 Å². The molecule has 0 bridgehead atoms. The molecule has 2 aromatic rings. The van der Waals surface area contributed by atoms with E-state index < -0.39 is 35.0 Å². The fraction of sp³-hybridized carbons (Fsp3) is 0.412. The van der Waals surface area contributed by atoms with Gasteiger partial charge in [-0.3, -0.25) is 0 Å². The maximum absolute atomic E-state index is 12.7. The first-order valence-electron chi connectivity index (χ1n) is 8.39. The molecule has 0 N–H and O–H groups in total. The number of aromatic nitrogens is 2. The minimum Gasteiger partial charge on any atom is -0.593 e. The van der Waals surface area contributed by atoms with Crippen molar-refractivity contribution >= 4 is 19.7 Å². The Hall–Kier alpha value is -2.00. The van der Waals surface area contributed by atoms with Crippen molar-refractivity contribution in [1.29, 1.82) is 0 Å². The van der Waals surface area contributed by atoms with Crippen molar-refractivity contribution < 1.29 is 21.7 Å². The van der Waals surface area contributed by atoms with Gasteiger partial charge in [0.1, 0.15) is 0 Å². The Labute approximate surface area is 153 Å². The van der Waals surface area contributed by atoms with E-state index in [1.165, 1.54) is 12.1 Å². The predicted molar refractivity (Wildman–Crippen MR) is 93.9 cm³/mol. The summed E-state index contributed by atoms with van der Waals surface area (Å²) >= 11 is 0. The minimum atomic E-state index is -3.99. The van der Waals surface area contributed by atoms with E-state index in [9.17, 15) is 22.0 Å². The largest absolute Gasteiger partial charge is 0.593 e. The fourth-order valence-corrected chi connectivity index (χ4v) is 6.09. The van der Waals surface area contributed by atoms with Gasteiger partial charge in [0.25, 0.3) is 0 Å². The molecule has 1 fully saturated rings. The van der Waals surface area contributed by atoms with Gasteiger partial charge in [0, 0.05) is 11.2 Å². The van der Waals surface area contributed by atoms with E-state index in [1.54, 1.807) is 12.1 Å². The smallest absolute Gasteiger partial charge is 0.335 e. The van der Waals surface area contributed by atoms with Gasteiger partial charge in [0.05, 0.1) is 10.1 Å². The van der Waals surface area contributed by atoms with Gasteiger partial charge in [-0.1, -0.05) is 37.0 Å².